The average Bonchev–Trinajstić information content (AvgIpc) is 3.06. The van der Waals surface area contributed by atoms with Gasteiger partial charge in [0.15, 0.2) is 0 Å². The summed E-state index contributed by atoms with van der Waals surface area (Å²) >= 11 is 0. The third-order valence-electron chi connectivity index (χ3n) is 5.95. The summed E-state index contributed by atoms with van der Waals surface area (Å²) < 4.78 is 0. The van der Waals surface area contributed by atoms with Gasteiger partial charge in [0.25, 0.3) is 0 Å². The Morgan fingerprint density at radius 1 is 1.36 bits per heavy atom. The molecule has 1 aromatic rings. The Morgan fingerprint density at radius 2 is 2.11 bits per heavy atom. The summed E-state index contributed by atoms with van der Waals surface area (Å²) in [7, 11) is 2.08. The summed E-state index contributed by atoms with van der Waals surface area (Å²) in [4.78, 5) is 29.3. The van der Waals surface area contributed by atoms with Crippen LogP contribution in [0.3, 0.4) is 0 Å². The van der Waals surface area contributed by atoms with Crippen LogP contribution in [0.25, 0.3) is 0 Å². The van der Waals surface area contributed by atoms with Crippen LogP contribution in [0.1, 0.15) is 30.4 Å². The number of aryl methyl sites for hydroxylation is 1. The molecule has 2 heterocycles. The minimum absolute atomic E-state index is 0.0362. The summed E-state index contributed by atoms with van der Waals surface area (Å²) in [5.74, 6) is 2.48. The van der Waals surface area contributed by atoms with E-state index in [1.54, 1.807) is 0 Å². The molecule has 0 aliphatic carbocycles. The fourth-order valence-corrected chi connectivity index (χ4v) is 4.29. The lowest BCUT2D eigenvalue weighted by Crippen LogP contribution is -2.49. The lowest BCUT2D eigenvalue weighted by molar-refractivity contribution is -0.126. The standard InChI is InChI=1S/C22H30N4O2/c1-4-12-23-20(27)10-9-18-14-24-22(28)21-19(25(18)3)11-13-26(21)15-17-7-5-16(2)6-8-17/h1,5-8,18-19,21H,9-15H2,2-3H3,(H,23,27)(H,24,28)/t18-,19-,21-/m0/s1. The molecule has 2 N–H and O–H groups in total. The predicted molar refractivity (Wildman–Crippen MR) is 109 cm³/mol. The minimum atomic E-state index is -0.147. The van der Waals surface area contributed by atoms with Crippen molar-refractivity contribution in [2.24, 2.45) is 0 Å². The summed E-state index contributed by atoms with van der Waals surface area (Å²) in [6.45, 7) is 4.59. The quantitative estimate of drug-likeness (QED) is 0.718. The number of likely N-dealkylation sites (N-methyl/N-ethyl adjacent to an activating group) is 1. The molecule has 2 aliphatic heterocycles. The van der Waals surface area contributed by atoms with E-state index in [4.69, 9.17) is 6.42 Å². The van der Waals surface area contributed by atoms with Crippen LogP contribution in [0.4, 0.5) is 0 Å². The first-order valence-electron chi connectivity index (χ1n) is 9.99. The van der Waals surface area contributed by atoms with Crippen molar-refractivity contribution in [1.82, 2.24) is 20.4 Å². The van der Waals surface area contributed by atoms with Crippen molar-refractivity contribution < 1.29 is 9.59 Å². The maximum atomic E-state index is 12.8. The molecule has 3 rings (SSSR count). The molecule has 2 aliphatic rings. The number of hydrogen-bond acceptors (Lipinski definition) is 4. The van der Waals surface area contributed by atoms with Crippen molar-refractivity contribution in [1.29, 1.82) is 0 Å². The number of benzene rings is 1. The number of carbonyl (C=O) groups is 2. The monoisotopic (exact) mass is 382 g/mol. The lowest BCUT2D eigenvalue weighted by atomic mass is 10.0. The number of nitrogens with one attached hydrogen (secondary N) is 2. The van der Waals surface area contributed by atoms with Crippen LogP contribution in [-0.2, 0) is 16.1 Å². The van der Waals surface area contributed by atoms with Crippen molar-refractivity contribution in [3.8, 4) is 12.3 Å². The fourth-order valence-electron chi connectivity index (χ4n) is 4.29. The van der Waals surface area contributed by atoms with Gasteiger partial charge in [0, 0.05) is 38.1 Å². The van der Waals surface area contributed by atoms with Gasteiger partial charge in [0.2, 0.25) is 11.8 Å². The summed E-state index contributed by atoms with van der Waals surface area (Å²) in [6, 6.07) is 8.68. The van der Waals surface area contributed by atoms with E-state index in [0.717, 1.165) is 19.5 Å². The zero-order chi connectivity index (χ0) is 20.1. The van der Waals surface area contributed by atoms with Crippen LogP contribution < -0.4 is 10.6 Å². The van der Waals surface area contributed by atoms with Gasteiger partial charge in [0.1, 0.15) is 6.04 Å². The zero-order valence-electron chi connectivity index (χ0n) is 16.8. The Balaban J connectivity index is 1.63. The third-order valence-corrected chi connectivity index (χ3v) is 5.95. The number of carbonyl (C=O) groups excluding carboxylic acids is 2. The van der Waals surface area contributed by atoms with E-state index in [1.165, 1.54) is 11.1 Å². The molecule has 0 saturated carbocycles. The van der Waals surface area contributed by atoms with Crippen molar-refractivity contribution in [2.45, 2.75) is 50.9 Å². The van der Waals surface area contributed by atoms with Gasteiger partial charge in [-0.1, -0.05) is 35.7 Å². The molecule has 150 valence electrons. The Hall–Kier alpha value is -2.36. The van der Waals surface area contributed by atoms with Crippen LogP contribution in [0.15, 0.2) is 24.3 Å². The summed E-state index contributed by atoms with van der Waals surface area (Å²) in [5, 5.41) is 5.81. The van der Waals surface area contributed by atoms with Crippen molar-refractivity contribution in [2.75, 3.05) is 26.7 Å². The highest BCUT2D eigenvalue weighted by atomic mass is 16.2. The van der Waals surface area contributed by atoms with Gasteiger partial charge in [-0.25, -0.2) is 0 Å². The maximum Gasteiger partial charge on any atom is 0.239 e. The topological polar surface area (TPSA) is 64.7 Å². The van der Waals surface area contributed by atoms with E-state index in [9.17, 15) is 9.59 Å². The average molecular weight is 383 g/mol. The highest BCUT2D eigenvalue weighted by molar-refractivity contribution is 5.83. The number of hydrogen-bond donors (Lipinski definition) is 2. The Bertz CT molecular complexity index is 740. The predicted octanol–water partition coefficient (Wildman–Crippen LogP) is 0.898. The largest absolute Gasteiger partial charge is 0.353 e. The van der Waals surface area contributed by atoms with Gasteiger partial charge in [0.05, 0.1) is 6.54 Å². The molecular weight excluding hydrogens is 352 g/mol. The van der Waals surface area contributed by atoms with E-state index in [2.05, 4.69) is 64.6 Å². The molecule has 28 heavy (non-hydrogen) atoms. The van der Waals surface area contributed by atoms with E-state index < -0.39 is 0 Å². The number of nitrogens with zero attached hydrogens (tertiary/aromatic N) is 2. The van der Waals surface area contributed by atoms with E-state index >= 15 is 0 Å². The summed E-state index contributed by atoms with van der Waals surface area (Å²) in [5.41, 5.74) is 2.47. The van der Waals surface area contributed by atoms with E-state index in [-0.39, 0.29) is 36.5 Å². The maximum absolute atomic E-state index is 12.8. The van der Waals surface area contributed by atoms with Crippen LogP contribution in [0, 0.1) is 19.3 Å². The molecule has 6 heteroatoms. The van der Waals surface area contributed by atoms with Gasteiger partial charge in [-0.05, 0) is 32.4 Å². The third kappa shape index (κ3) is 4.73. The van der Waals surface area contributed by atoms with Gasteiger partial charge in [-0.15, -0.1) is 6.42 Å². The second-order valence-corrected chi connectivity index (χ2v) is 7.84. The Morgan fingerprint density at radius 3 is 2.82 bits per heavy atom. The van der Waals surface area contributed by atoms with Crippen molar-refractivity contribution in [3.05, 3.63) is 35.4 Å². The van der Waals surface area contributed by atoms with Gasteiger partial charge >= 0.3 is 0 Å². The number of fused-ring (bicyclic) bond motifs is 1. The Labute approximate surface area is 167 Å². The lowest BCUT2D eigenvalue weighted by Gasteiger charge is -2.33. The highest BCUT2D eigenvalue weighted by Crippen LogP contribution is 2.28. The van der Waals surface area contributed by atoms with Crippen LogP contribution >= 0.6 is 0 Å². The van der Waals surface area contributed by atoms with E-state index in [1.807, 2.05) is 0 Å². The van der Waals surface area contributed by atoms with Gasteiger partial charge in [-0.2, -0.15) is 0 Å². The van der Waals surface area contributed by atoms with Gasteiger partial charge < -0.3 is 10.6 Å². The van der Waals surface area contributed by atoms with Crippen LogP contribution in [0.5, 0.6) is 0 Å². The SMILES string of the molecule is C#CCNC(=O)CC[C@H]1CNC(=O)[C@@H]2[C@H](CCN2Cc2ccc(C)cc2)N1C. The number of terminal acetylenes is 1. The molecule has 0 bridgehead atoms. The molecule has 2 fully saturated rings. The first kappa shape index (κ1) is 20.4. The molecule has 6 nitrogen and oxygen atoms in total. The molecule has 2 saturated heterocycles. The Kier molecular flexibility index (Phi) is 6.71. The fraction of sp³-hybridized carbons (Fsp3) is 0.545. The molecule has 0 unspecified atom stereocenters. The van der Waals surface area contributed by atoms with Crippen LogP contribution in [0.2, 0.25) is 0 Å². The molecule has 2 amide bonds. The zero-order valence-corrected chi connectivity index (χ0v) is 16.8. The number of likely N-dealkylation sites (tertiary alicyclic amines) is 1. The summed E-state index contributed by atoms with van der Waals surface area (Å²) in [6.07, 6.45) is 7.26. The van der Waals surface area contributed by atoms with Crippen molar-refractivity contribution >= 4 is 11.8 Å². The number of rotatable bonds is 6. The van der Waals surface area contributed by atoms with Crippen molar-refractivity contribution in [3.63, 3.8) is 0 Å². The molecule has 3 atom stereocenters. The van der Waals surface area contributed by atoms with Gasteiger partial charge in [-0.3, -0.25) is 19.4 Å². The molecule has 0 radical (unpaired) electrons. The highest BCUT2D eigenvalue weighted by Gasteiger charge is 2.44. The molecule has 1 aromatic carbocycles. The van der Waals surface area contributed by atoms with E-state index in [0.29, 0.717) is 19.4 Å². The molecule has 0 spiro atoms. The number of amides is 2. The van der Waals surface area contributed by atoms with Crippen LogP contribution in [-0.4, -0.2) is 66.4 Å². The first-order valence-corrected chi connectivity index (χ1v) is 9.99. The second-order valence-electron chi connectivity index (χ2n) is 7.84. The first-order chi connectivity index (χ1) is 13.5. The second kappa shape index (κ2) is 9.22. The smallest absolute Gasteiger partial charge is 0.239 e. The molecule has 0 aromatic heterocycles. The normalized spacial score (nSPS) is 25.5. The molecular formula is C22H30N4O2. The minimum Gasteiger partial charge on any atom is -0.353 e.